The van der Waals surface area contributed by atoms with Gasteiger partial charge in [-0.05, 0) is 56.1 Å². The third-order valence-electron chi connectivity index (χ3n) is 5.25. The number of aromatic nitrogens is 1. The zero-order chi connectivity index (χ0) is 19.7. The van der Waals surface area contributed by atoms with E-state index in [9.17, 15) is 13.6 Å². The van der Waals surface area contributed by atoms with E-state index in [0.717, 1.165) is 24.9 Å². The van der Waals surface area contributed by atoms with Crippen LogP contribution in [0.25, 0.3) is 10.8 Å². The fraction of sp³-hybridized carbons (Fsp3) is 0.273. The minimum atomic E-state index is -0.579. The molecule has 1 unspecified atom stereocenters. The predicted octanol–water partition coefficient (Wildman–Crippen LogP) is 4.22. The van der Waals surface area contributed by atoms with Crippen molar-refractivity contribution in [1.29, 1.82) is 0 Å². The van der Waals surface area contributed by atoms with Crippen molar-refractivity contribution >= 4 is 22.5 Å². The average Bonchev–Trinajstić information content (AvgIpc) is 2.72. The van der Waals surface area contributed by atoms with Crippen molar-refractivity contribution in [2.75, 3.05) is 18.0 Å². The van der Waals surface area contributed by atoms with Crippen molar-refractivity contribution in [1.82, 2.24) is 10.3 Å². The van der Waals surface area contributed by atoms with Crippen LogP contribution >= 0.6 is 0 Å². The van der Waals surface area contributed by atoms with Gasteiger partial charge in [0, 0.05) is 23.5 Å². The summed E-state index contributed by atoms with van der Waals surface area (Å²) >= 11 is 0. The van der Waals surface area contributed by atoms with Crippen LogP contribution in [0.3, 0.4) is 0 Å². The van der Waals surface area contributed by atoms with E-state index >= 15 is 0 Å². The average molecular weight is 381 g/mol. The van der Waals surface area contributed by atoms with Gasteiger partial charge in [0.05, 0.1) is 11.6 Å². The standard InChI is InChI=1S/C22H21F2N3O/c1-14-8-9-19(24)16-10-12-26-21(20(14)16)27(15-5-4-11-25-13-15)22(28)17-6-2-3-7-18(17)23/h2-3,6-10,12,15,25H,4-5,11,13H2,1H3. The number of pyridine rings is 1. The second-order valence-corrected chi connectivity index (χ2v) is 7.08. The van der Waals surface area contributed by atoms with E-state index in [0.29, 0.717) is 23.1 Å². The second kappa shape index (κ2) is 7.64. The molecule has 2 heterocycles. The van der Waals surface area contributed by atoms with Gasteiger partial charge in [-0.15, -0.1) is 0 Å². The van der Waals surface area contributed by atoms with Gasteiger partial charge in [-0.3, -0.25) is 9.69 Å². The lowest BCUT2D eigenvalue weighted by Gasteiger charge is -2.35. The fourth-order valence-electron chi connectivity index (χ4n) is 3.85. The molecule has 144 valence electrons. The number of anilines is 1. The van der Waals surface area contributed by atoms with Crippen molar-refractivity contribution < 1.29 is 13.6 Å². The molecule has 2 aromatic carbocycles. The highest BCUT2D eigenvalue weighted by Gasteiger charge is 2.31. The van der Waals surface area contributed by atoms with Crippen LogP contribution in [0.4, 0.5) is 14.6 Å². The predicted molar refractivity (Wildman–Crippen MR) is 106 cm³/mol. The lowest BCUT2D eigenvalue weighted by molar-refractivity contribution is 0.0968. The minimum absolute atomic E-state index is 0.0130. The normalized spacial score (nSPS) is 16.9. The Morgan fingerprint density at radius 2 is 1.96 bits per heavy atom. The number of nitrogens with zero attached hydrogens (tertiary/aromatic N) is 2. The molecule has 1 aliphatic rings. The van der Waals surface area contributed by atoms with Crippen LogP contribution in [0.5, 0.6) is 0 Å². The van der Waals surface area contributed by atoms with Crippen LogP contribution in [0.15, 0.2) is 48.7 Å². The minimum Gasteiger partial charge on any atom is -0.315 e. The molecule has 3 aromatic rings. The molecular formula is C22H21F2N3O. The van der Waals surface area contributed by atoms with Gasteiger partial charge in [0.2, 0.25) is 0 Å². The molecule has 4 rings (SSSR count). The molecule has 0 radical (unpaired) electrons. The molecule has 0 bridgehead atoms. The monoisotopic (exact) mass is 381 g/mol. The van der Waals surface area contributed by atoms with Crippen molar-refractivity contribution in [2.24, 2.45) is 0 Å². The Kier molecular flexibility index (Phi) is 5.05. The van der Waals surface area contributed by atoms with E-state index in [2.05, 4.69) is 10.3 Å². The molecule has 1 fully saturated rings. The number of aryl methyl sites for hydroxylation is 1. The van der Waals surface area contributed by atoms with Gasteiger partial charge in [-0.2, -0.15) is 0 Å². The van der Waals surface area contributed by atoms with E-state index in [4.69, 9.17) is 0 Å². The van der Waals surface area contributed by atoms with Gasteiger partial charge in [0.25, 0.3) is 5.91 Å². The molecule has 1 saturated heterocycles. The second-order valence-electron chi connectivity index (χ2n) is 7.08. The quantitative estimate of drug-likeness (QED) is 0.739. The molecule has 1 amide bonds. The molecular weight excluding hydrogens is 360 g/mol. The number of halogens is 2. The number of piperidine rings is 1. The highest BCUT2D eigenvalue weighted by Crippen LogP contribution is 2.32. The summed E-state index contributed by atoms with van der Waals surface area (Å²) in [6, 6.07) is 10.4. The SMILES string of the molecule is Cc1ccc(F)c2ccnc(N(C(=O)c3ccccc3F)C3CCCNC3)c12. The Bertz CT molecular complexity index is 1030. The molecule has 28 heavy (non-hydrogen) atoms. The number of carbonyl (C=O) groups is 1. The van der Waals surface area contributed by atoms with E-state index in [1.54, 1.807) is 29.2 Å². The Labute approximate surface area is 162 Å². The lowest BCUT2D eigenvalue weighted by Crippen LogP contribution is -2.49. The largest absolute Gasteiger partial charge is 0.315 e. The van der Waals surface area contributed by atoms with Gasteiger partial charge in [0.15, 0.2) is 0 Å². The van der Waals surface area contributed by atoms with Gasteiger partial charge < -0.3 is 5.32 Å². The molecule has 0 saturated carbocycles. The Morgan fingerprint density at radius 3 is 2.71 bits per heavy atom. The molecule has 4 nitrogen and oxygen atoms in total. The van der Waals surface area contributed by atoms with Gasteiger partial charge >= 0.3 is 0 Å². The maximum atomic E-state index is 14.4. The van der Waals surface area contributed by atoms with Crippen LogP contribution < -0.4 is 10.2 Å². The molecule has 0 spiro atoms. The third kappa shape index (κ3) is 3.24. The smallest absolute Gasteiger partial charge is 0.262 e. The Hall–Kier alpha value is -2.86. The topological polar surface area (TPSA) is 45.2 Å². The summed E-state index contributed by atoms with van der Waals surface area (Å²) in [5.41, 5.74) is 0.801. The van der Waals surface area contributed by atoms with Crippen LogP contribution in [0.1, 0.15) is 28.8 Å². The highest BCUT2D eigenvalue weighted by molar-refractivity contribution is 6.11. The zero-order valence-electron chi connectivity index (χ0n) is 15.6. The summed E-state index contributed by atoms with van der Waals surface area (Å²) in [6.45, 7) is 3.30. The van der Waals surface area contributed by atoms with Crippen molar-refractivity contribution in [3.63, 3.8) is 0 Å². The Balaban J connectivity index is 1.92. The Morgan fingerprint density at radius 1 is 1.14 bits per heavy atom. The van der Waals surface area contributed by atoms with Crippen molar-refractivity contribution in [2.45, 2.75) is 25.8 Å². The fourth-order valence-corrected chi connectivity index (χ4v) is 3.85. The summed E-state index contributed by atoms with van der Waals surface area (Å²) < 4.78 is 28.8. The molecule has 0 aliphatic carbocycles. The molecule has 1 aliphatic heterocycles. The highest BCUT2D eigenvalue weighted by atomic mass is 19.1. The van der Waals surface area contributed by atoms with Crippen molar-refractivity contribution in [3.8, 4) is 0 Å². The van der Waals surface area contributed by atoms with Crippen LogP contribution in [-0.2, 0) is 0 Å². The van der Waals surface area contributed by atoms with Crippen LogP contribution in [0.2, 0.25) is 0 Å². The number of amides is 1. The first-order valence-corrected chi connectivity index (χ1v) is 9.40. The third-order valence-corrected chi connectivity index (χ3v) is 5.25. The lowest BCUT2D eigenvalue weighted by atomic mass is 10.0. The maximum Gasteiger partial charge on any atom is 0.262 e. The van der Waals surface area contributed by atoms with Gasteiger partial charge in [0.1, 0.15) is 17.5 Å². The molecule has 1 N–H and O–H groups in total. The van der Waals surface area contributed by atoms with Gasteiger partial charge in [-0.25, -0.2) is 13.8 Å². The zero-order valence-corrected chi connectivity index (χ0v) is 15.6. The summed E-state index contributed by atoms with van der Waals surface area (Å²) in [5.74, 6) is -1.04. The summed E-state index contributed by atoms with van der Waals surface area (Å²) in [7, 11) is 0. The van der Waals surface area contributed by atoms with Crippen LogP contribution in [-0.4, -0.2) is 30.0 Å². The molecule has 6 heteroatoms. The number of fused-ring (bicyclic) bond motifs is 1. The summed E-state index contributed by atoms with van der Waals surface area (Å²) in [6.07, 6.45) is 3.15. The summed E-state index contributed by atoms with van der Waals surface area (Å²) in [4.78, 5) is 19.4. The molecule has 1 aromatic heterocycles. The van der Waals surface area contributed by atoms with E-state index in [-0.39, 0.29) is 17.4 Å². The first-order chi connectivity index (χ1) is 13.6. The number of hydrogen-bond acceptors (Lipinski definition) is 3. The van der Waals surface area contributed by atoms with E-state index in [1.165, 1.54) is 24.4 Å². The molecule has 1 atom stereocenters. The van der Waals surface area contributed by atoms with E-state index < -0.39 is 11.7 Å². The van der Waals surface area contributed by atoms with Crippen molar-refractivity contribution in [3.05, 3.63) is 71.4 Å². The summed E-state index contributed by atoms with van der Waals surface area (Å²) in [5, 5.41) is 4.27. The van der Waals surface area contributed by atoms with Gasteiger partial charge in [-0.1, -0.05) is 18.2 Å². The first kappa shape index (κ1) is 18.5. The number of nitrogens with one attached hydrogen (secondary N) is 1. The number of carbonyl (C=O) groups excluding carboxylic acids is 1. The number of hydrogen-bond donors (Lipinski definition) is 1. The maximum absolute atomic E-state index is 14.4. The first-order valence-electron chi connectivity index (χ1n) is 9.40. The number of benzene rings is 2. The van der Waals surface area contributed by atoms with Crippen LogP contribution in [0, 0.1) is 18.6 Å². The van der Waals surface area contributed by atoms with E-state index in [1.807, 2.05) is 6.92 Å². The number of rotatable bonds is 3.